The fourth-order valence-electron chi connectivity index (χ4n) is 3.77. The number of anilines is 1. The van der Waals surface area contributed by atoms with Gasteiger partial charge >= 0.3 is 0 Å². The van der Waals surface area contributed by atoms with Gasteiger partial charge in [0.15, 0.2) is 0 Å². The third-order valence-corrected chi connectivity index (χ3v) is 6.33. The molecule has 2 aromatic heterocycles. The van der Waals surface area contributed by atoms with E-state index in [0.717, 1.165) is 50.1 Å². The summed E-state index contributed by atoms with van der Waals surface area (Å²) >= 11 is 1.67. The second-order valence-corrected chi connectivity index (χ2v) is 8.83. The molecule has 6 nitrogen and oxygen atoms in total. The highest BCUT2D eigenvalue weighted by Crippen LogP contribution is 2.27. The number of ether oxygens (including phenoxy) is 1. The van der Waals surface area contributed by atoms with Crippen LogP contribution in [0, 0.1) is 0 Å². The fourth-order valence-corrected chi connectivity index (χ4v) is 4.65. The molecule has 0 atom stereocenters. The quantitative estimate of drug-likeness (QED) is 0.397. The lowest BCUT2D eigenvalue weighted by molar-refractivity contribution is 0.122. The van der Waals surface area contributed by atoms with Crippen molar-refractivity contribution in [3.8, 4) is 0 Å². The largest absolute Gasteiger partial charge is 0.378 e. The molecule has 0 unspecified atom stereocenters. The van der Waals surface area contributed by atoms with Crippen molar-refractivity contribution in [2.75, 3.05) is 31.2 Å². The fraction of sp³-hybridized carbons (Fsp3) is 0.240. The molecule has 7 heteroatoms. The maximum absolute atomic E-state index is 5.44. The van der Waals surface area contributed by atoms with E-state index in [2.05, 4.69) is 68.0 Å². The zero-order chi connectivity index (χ0) is 21.6. The van der Waals surface area contributed by atoms with Crippen molar-refractivity contribution < 1.29 is 4.74 Å². The van der Waals surface area contributed by atoms with Gasteiger partial charge < -0.3 is 14.2 Å². The summed E-state index contributed by atoms with van der Waals surface area (Å²) in [6.07, 6.45) is 8.19. The molecule has 32 heavy (non-hydrogen) atoms. The molecule has 0 N–H and O–H groups in total. The number of nitrogens with zero attached hydrogens (tertiary/aromatic N) is 5. The van der Waals surface area contributed by atoms with E-state index < -0.39 is 0 Å². The molecule has 5 rings (SSSR count). The second kappa shape index (κ2) is 9.97. The van der Waals surface area contributed by atoms with Crippen LogP contribution in [-0.2, 0) is 17.7 Å². The molecule has 0 amide bonds. The van der Waals surface area contributed by atoms with Crippen molar-refractivity contribution in [3.05, 3.63) is 96.5 Å². The number of benzene rings is 2. The summed E-state index contributed by atoms with van der Waals surface area (Å²) in [5.74, 6) is 0.837. The minimum atomic E-state index is 0.721. The number of hydrogen-bond donors (Lipinski definition) is 0. The molecule has 0 saturated carbocycles. The van der Waals surface area contributed by atoms with Gasteiger partial charge in [-0.3, -0.25) is 0 Å². The van der Waals surface area contributed by atoms with Crippen LogP contribution in [0.2, 0.25) is 0 Å². The first-order chi connectivity index (χ1) is 15.8. The highest BCUT2D eigenvalue weighted by atomic mass is 32.2. The summed E-state index contributed by atoms with van der Waals surface area (Å²) in [6.45, 7) is 4.30. The maximum atomic E-state index is 5.44. The number of rotatable bonds is 7. The van der Waals surface area contributed by atoms with Gasteiger partial charge in [0, 0.05) is 55.2 Å². The van der Waals surface area contributed by atoms with Crippen molar-refractivity contribution in [3.63, 3.8) is 0 Å². The Labute approximate surface area is 192 Å². The van der Waals surface area contributed by atoms with Gasteiger partial charge in [-0.15, -0.1) is 0 Å². The van der Waals surface area contributed by atoms with Crippen LogP contribution >= 0.6 is 11.8 Å². The molecular weight excluding hydrogens is 418 g/mol. The van der Waals surface area contributed by atoms with Crippen molar-refractivity contribution in [1.29, 1.82) is 0 Å². The first kappa shape index (κ1) is 20.7. The Bertz CT molecular complexity index is 1140. The third kappa shape index (κ3) is 5.36. The van der Waals surface area contributed by atoms with Crippen LogP contribution in [0.15, 0.2) is 89.4 Å². The van der Waals surface area contributed by atoms with Crippen LogP contribution in [0.25, 0.3) is 0 Å². The molecule has 1 aliphatic heterocycles. The van der Waals surface area contributed by atoms with E-state index in [1.807, 2.05) is 24.8 Å². The van der Waals surface area contributed by atoms with Gasteiger partial charge in [-0.05, 0) is 41.5 Å². The molecule has 0 aliphatic carbocycles. The number of aromatic nitrogens is 4. The molecule has 1 saturated heterocycles. The molecular formula is C25H25N5OS. The molecule has 0 bridgehead atoms. The summed E-state index contributed by atoms with van der Waals surface area (Å²) in [5, 5.41) is 0.958. The van der Waals surface area contributed by atoms with E-state index in [4.69, 9.17) is 9.72 Å². The first-order valence-corrected chi connectivity index (χ1v) is 11.6. The lowest BCUT2D eigenvalue weighted by Gasteiger charge is -2.28. The van der Waals surface area contributed by atoms with Crippen molar-refractivity contribution in [2.24, 2.45) is 0 Å². The third-order valence-electron chi connectivity index (χ3n) is 5.40. The summed E-state index contributed by atoms with van der Waals surface area (Å²) in [4.78, 5) is 16.9. The molecule has 0 spiro atoms. The van der Waals surface area contributed by atoms with Crippen LogP contribution in [0.4, 0.5) is 5.69 Å². The minimum Gasteiger partial charge on any atom is -0.378 e. The highest BCUT2D eigenvalue weighted by Gasteiger charge is 2.11. The van der Waals surface area contributed by atoms with Crippen LogP contribution in [-0.4, -0.2) is 45.8 Å². The van der Waals surface area contributed by atoms with Gasteiger partial charge in [0.05, 0.1) is 19.5 Å². The Morgan fingerprint density at radius 1 is 0.938 bits per heavy atom. The van der Waals surface area contributed by atoms with Gasteiger partial charge in [0.2, 0.25) is 0 Å². The standard InChI is InChI=1S/C25H25N5OS/c1-2-21(18-29-11-10-26-19-29)16-23(3-1)32-25-8-9-27-24(28-25)17-20-4-6-22(7-5-20)30-12-14-31-15-13-30/h1-11,16,19H,12-15,17-18H2. The zero-order valence-electron chi connectivity index (χ0n) is 17.8. The second-order valence-electron chi connectivity index (χ2n) is 7.74. The van der Waals surface area contributed by atoms with Gasteiger partial charge in [0.25, 0.3) is 0 Å². The Kier molecular flexibility index (Phi) is 6.46. The lowest BCUT2D eigenvalue weighted by atomic mass is 10.1. The molecule has 1 fully saturated rings. The van der Waals surface area contributed by atoms with E-state index in [9.17, 15) is 0 Å². The average Bonchev–Trinajstić information content (AvgIpc) is 3.34. The average molecular weight is 444 g/mol. The Morgan fingerprint density at radius 3 is 2.62 bits per heavy atom. The van der Waals surface area contributed by atoms with Crippen molar-refractivity contribution in [2.45, 2.75) is 22.9 Å². The SMILES string of the molecule is c1cc(Cn2ccnc2)cc(Sc2ccnc(Cc3ccc(N4CCOCC4)cc3)n2)c1. The van der Waals surface area contributed by atoms with E-state index >= 15 is 0 Å². The van der Waals surface area contributed by atoms with Crippen LogP contribution in [0.3, 0.4) is 0 Å². The summed E-state index contributed by atoms with van der Waals surface area (Å²) in [5.41, 5.74) is 3.70. The zero-order valence-corrected chi connectivity index (χ0v) is 18.6. The molecule has 162 valence electrons. The Hall–Kier alpha value is -3.16. The number of imidazole rings is 1. The molecule has 2 aromatic carbocycles. The molecule has 3 heterocycles. The Balaban J connectivity index is 1.24. The van der Waals surface area contributed by atoms with E-state index in [-0.39, 0.29) is 0 Å². The van der Waals surface area contributed by atoms with Crippen LogP contribution in [0.5, 0.6) is 0 Å². The van der Waals surface area contributed by atoms with E-state index in [1.165, 1.54) is 21.7 Å². The molecule has 4 aromatic rings. The number of hydrogen-bond acceptors (Lipinski definition) is 6. The van der Waals surface area contributed by atoms with Gasteiger partial charge in [0.1, 0.15) is 10.9 Å². The first-order valence-electron chi connectivity index (χ1n) is 10.8. The van der Waals surface area contributed by atoms with Gasteiger partial charge in [-0.2, -0.15) is 0 Å². The minimum absolute atomic E-state index is 0.721. The van der Waals surface area contributed by atoms with Crippen LogP contribution in [0.1, 0.15) is 17.0 Å². The van der Waals surface area contributed by atoms with Crippen LogP contribution < -0.4 is 4.90 Å². The summed E-state index contributed by atoms with van der Waals surface area (Å²) in [6, 6.07) is 19.2. The molecule has 0 radical (unpaired) electrons. The maximum Gasteiger partial charge on any atom is 0.133 e. The monoisotopic (exact) mass is 443 g/mol. The van der Waals surface area contributed by atoms with Gasteiger partial charge in [-0.1, -0.05) is 36.0 Å². The highest BCUT2D eigenvalue weighted by molar-refractivity contribution is 7.99. The Morgan fingerprint density at radius 2 is 1.81 bits per heavy atom. The normalized spacial score (nSPS) is 13.9. The van der Waals surface area contributed by atoms with Crippen molar-refractivity contribution in [1.82, 2.24) is 19.5 Å². The number of morpholine rings is 1. The smallest absolute Gasteiger partial charge is 0.133 e. The summed E-state index contributed by atoms with van der Waals surface area (Å²) < 4.78 is 7.51. The predicted octanol–water partition coefficient (Wildman–Crippen LogP) is 4.30. The van der Waals surface area contributed by atoms with E-state index in [0.29, 0.717) is 0 Å². The summed E-state index contributed by atoms with van der Waals surface area (Å²) in [7, 11) is 0. The topological polar surface area (TPSA) is 56.1 Å². The van der Waals surface area contributed by atoms with Crippen molar-refractivity contribution >= 4 is 17.4 Å². The lowest BCUT2D eigenvalue weighted by Crippen LogP contribution is -2.36. The van der Waals surface area contributed by atoms with Gasteiger partial charge in [-0.25, -0.2) is 15.0 Å². The predicted molar refractivity (Wildman–Crippen MR) is 126 cm³/mol. The molecule has 1 aliphatic rings. The van der Waals surface area contributed by atoms with E-state index in [1.54, 1.807) is 18.0 Å².